The average molecular weight is 263 g/mol. The highest BCUT2D eigenvalue weighted by Gasteiger charge is 2.24. The molecule has 1 aliphatic heterocycles. The quantitative estimate of drug-likeness (QED) is 0.661. The van der Waals surface area contributed by atoms with Gasteiger partial charge in [-0.05, 0) is 32.9 Å². The first-order valence-corrected chi connectivity index (χ1v) is 8.11. The third-order valence-electron chi connectivity index (χ3n) is 3.27. The molecule has 1 saturated heterocycles. The molecule has 1 aliphatic rings. The molecule has 0 aromatic rings. The third-order valence-corrected chi connectivity index (χ3v) is 5.15. The summed E-state index contributed by atoms with van der Waals surface area (Å²) in [5, 5.41) is 0. The van der Waals surface area contributed by atoms with E-state index in [1.54, 1.807) is 11.2 Å². The van der Waals surface area contributed by atoms with Crippen LogP contribution < -0.4 is 5.73 Å². The molecule has 1 fully saturated rings. The van der Waals surface area contributed by atoms with Crippen molar-refractivity contribution in [1.82, 2.24) is 9.21 Å². The molecule has 17 heavy (non-hydrogen) atoms. The van der Waals surface area contributed by atoms with Crippen molar-refractivity contribution < 1.29 is 8.42 Å². The monoisotopic (exact) mass is 263 g/mol. The molecule has 0 aromatic carbocycles. The fraction of sp³-hybridized carbons (Fsp3) is 1.00. The molecule has 0 unspecified atom stereocenters. The molecule has 0 amide bonds. The van der Waals surface area contributed by atoms with E-state index in [1.165, 1.54) is 6.42 Å². The second kappa shape index (κ2) is 7.31. The normalized spacial score (nSPS) is 19.6. The van der Waals surface area contributed by atoms with E-state index < -0.39 is 10.0 Å². The van der Waals surface area contributed by atoms with E-state index in [-0.39, 0.29) is 5.75 Å². The van der Waals surface area contributed by atoms with Crippen LogP contribution in [0, 0.1) is 0 Å². The van der Waals surface area contributed by atoms with Gasteiger partial charge < -0.3 is 10.6 Å². The number of sulfonamides is 1. The summed E-state index contributed by atoms with van der Waals surface area (Å²) in [5.74, 6) is 0.212. The highest BCUT2D eigenvalue weighted by molar-refractivity contribution is 7.89. The Hall–Kier alpha value is -0.170. The standard InChI is InChI=1S/C11H25N3O2S/c1-2-17(15,16)14-10-8-13(9-11-14)7-5-3-4-6-12/h2-12H2,1H3. The van der Waals surface area contributed by atoms with Crippen molar-refractivity contribution in [3.63, 3.8) is 0 Å². The first-order chi connectivity index (χ1) is 8.10. The second-order valence-corrected chi connectivity index (χ2v) is 6.75. The van der Waals surface area contributed by atoms with Crippen LogP contribution in [0.25, 0.3) is 0 Å². The van der Waals surface area contributed by atoms with Crippen LogP contribution in [0.1, 0.15) is 26.2 Å². The Labute approximate surface area is 105 Å². The topological polar surface area (TPSA) is 66.6 Å². The van der Waals surface area contributed by atoms with Crippen molar-refractivity contribution in [2.75, 3.05) is 45.0 Å². The Morgan fingerprint density at radius 1 is 1.06 bits per heavy atom. The van der Waals surface area contributed by atoms with Crippen molar-refractivity contribution in [3.05, 3.63) is 0 Å². The smallest absolute Gasteiger partial charge is 0.213 e. The van der Waals surface area contributed by atoms with E-state index in [0.717, 1.165) is 39.0 Å². The Morgan fingerprint density at radius 3 is 2.24 bits per heavy atom. The minimum Gasteiger partial charge on any atom is -0.330 e. The Kier molecular flexibility index (Phi) is 6.40. The average Bonchev–Trinajstić information content (AvgIpc) is 2.35. The van der Waals surface area contributed by atoms with E-state index >= 15 is 0 Å². The zero-order valence-corrected chi connectivity index (χ0v) is 11.6. The van der Waals surface area contributed by atoms with Crippen LogP contribution in [0.15, 0.2) is 0 Å². The molecule has 0 atom stereocenters. The zero-order valence-electron chi connectivity index (χ0n) is 10.8. The van der Waals surface area contributed by atoms with Crippen LogP contribution >= 0.6 is 0 Å². The summed E-state index contributed by atoms with van der Waals surface area (Å²) >= 11 is 0. The lowest BCUT2D eigenvalue weighted by atomic mass is 10.2. The van der Waals surface area contributed by atoms with E-state index in [0.29, 0.717) is 13.1 Å². The number of hydrogen-bond donors (Lipinski definition) is 1. The van der Waals surface area contributed by atoms with Gasteiger partial charge in [-0.1, -0.05) is 6.42 Å². The van der Waals surface area contributed by atoms with Gasteiger partial charge in [0.2, 0.25) is 10.0 Å². The molecular weight excluding hydrogens is 238 g/mol. The van der Waals surface area contributed by atoms with Crippen LogP contribution in [0.3, 0.4) is 0 Å². The van der Waals surface area contributed by atoms with Gasteiger partial charge in [-0.15, -0.1) is 0 Å². The van der Waals surface area contributed by atoms with Crippen LogP contribution in [-0.4, -0.2) is 62.6 Å². The molecule has 1 rings (SSSR count). The molecule has 6 heteroatoms. The highest BCUT2D eigenvalue weighted by atomic mass is 32.2. The molecule has 1 heterocycles. The number of piperazine rings is 1. The van der Waals surface area contributed by atoms with E-state index in [1.807, 2.05) is 0 Å². The summed E-state index contributed by atoms with van der Waals surface area (Å²) < 4.78 is 24.9. The van der Waals surface area contributed by atoms with Crippen molar-refractivity contribution in [3.8, 4) is 0 Å². The van der Waals surface area contributed by atoms with Gasteiger partial charge in [-0.25, -0.2) is 8.42 Å². The Balaban J connectivity index is 2.22. The van der Waals surface area contributed by atoms with Crippen LogP contribution in [0.5, 0.6) is 0 Å². The van der Waals surface area contributed by atoms with Crippen LogP contribution in [0.2, 0.25) is 0 Å². The lowest BCUT2D eigenvalue weighted by Gasteiger charge is -2.33. The molecule has 0 radical (unpaired) electrons. The molecule has 0 aliphatic carbocycles. The van der Waals surface area contributed by atoms with Gasteiger partial charge in [0.25, 0.3) is 0 Å². The maximum Gasteiger partial charge on any atom is 0.213 e. The maximum absolute atomic E-state index is 11.7. The van der Waals surface area contributed by atoms with Gasteiger partial charge in [-0.3, -0.25) is 0 Å². The Bertz CT molecular complexity index is 298. The Morgan fingerprint density at radius 2 is 1.71 bits per heavy atom. The van der Waals surface area contributed by atoms with Gasteiger partial charge in [0.15, 0.2) is 0 Å². The number of rotatable bonds is 7. The highest BCUT2D eigenvalue weighted by Crippen LogP contribution is 2.08. The van der Waals surface area contributed by atoms with Crippen LogP contribution in [-0.2, 0) is 10.0 Å². The van der Waals surface area contributed by atoms with E-state index in [2.05, 4.69) is 4.90 Å². The fourth-order valence-electron chi connectivity index (χ4n) is 2.07. The van der Waals surface area contributed by atoms with Gasteiger partial charge in [-0.2, -0.15) is 4.31 Å². The minimum atomic E-state index is -2.98. The molecular formula is C11H25N3O2S. The lowest BCUT2D eigenvalue weighted by molar-refractivity contribution is 0.185. The first-order valence-electron chi connectivity index (χ1n) is 6.50. The maximum atomic E-state index is 11.7. The SMILES string of the molecule is CCS(=O)(=O)N1CCN(CCCCCN)CC1. The summed E-state index contributed by atoms with van der Waals surface area (Å²) in [6, 6.07) is 0. The van der Waals surface area contributed by atoms with Crippen molar-refractivity contribution >= 4 is 10.0 Å². The van der Waals surface area contributed by atoms with E-state index in [9.17, 15) is 8.42 Å². The zero-order chi connectivity index (χ0) is 12.7. The number of nitrogens with zero attached hydrogens (tertiary/aromatic N) is 2. The lowest BCUT2D eigenvalue weighted by Crippen LogP contribution is -2.49. The summed E-state index contributed by atoms with van der Waals surface area (Å²) in [6.07, 6.45) is 3.42. The number of hydrogen-bond acceptors (Lipinski definition) is 4. The first kappa shape index (κ1) is 14.9. The molecule has 0 saturated carbocycles. The summed E-state index contributed by atoms with van der Waals surface area (Å²) in [5.41, 5.74) is 5.44. The van der Waals surface area contributed by atoms with Gasteiger partial charge >= 0.3 is 0 Å². The summed E-state index contributed by atoms with van der Waals surface area (Å²) in [7, 11) is -2.98. The van der Waals surface area contributed by atoms with Crippen molar-refractivity contribution in [2.24, 2.45) is 5.73 Å². The van der Waals surface area contributed by atoms with Gasteiger partial charge in [0, 0.05) is 26.2 Å². The molecule has 5 nitrogen and oxygen atoms in total. The van der Waals surface area contributed by atoms with Crippen molar-refractivity contribution in [1.29, 1.82) is 0 Å². The van der Waals surface area contributed by atoms with Gasteiger partial charge in [0.1, 0.15) is 0 Å². The molecule has 102 valence electrons. The summed E-state index contributed by atoms with van der Waals surface area (Å²) in [4.78, 5) is 2.35. The predicted octanol–water partition coefficient (Wildman–Crippen LogP) is 0.0827. The van der Waals surface area contributed by atoms with Gasteiger partial charge in [0.05, 0.1) is 5.75 Å². The third kappa shape index (κ3) is 4.91. The summed E-state index contributed by atoms with van der Waals surface area (Å²) in [6.45, 7) is 6.56. The molecule has 0 aromatic heterocycles. The number of unbranched alkanes of at least 4 members (excludes halogenated alkanes) is 2. The number of nitrogens with two attached hydrogens (primary N) is 1. The molecule has 0 spiro atoms. The largest absolute Gasteiger partial charge is 0.330 e. The predicted molar refractivity (Wildman–Crippen MR) is 70.4 cm³/mol. The van der Waals surface area contributed by atoms with Crippen LogP contribution in [0.4, 0.5) is 0 Å². The molecule has 0 bridgehead atoms. The van der Waals surface area contributed by atoms with Crippen molar-refractivity contribution in [2.45, 2.75) is 26.2 Å². The fourth-order valence-corrected chi connectivity index (χ4v) is 3.16. The minimum absolute atomic E-state index is 0.212. The molecule has 2 N–H and O–H groups in total. The van der Waals surface area contributed by atoms with E-state index in [4.69, 9.17) is 5.73 Å². The second-order valence-electron chi connectivity index (χ2n) is 4.49.